The van der Waals surface area contributed by atoms with Crippen molar-refractivity contribution < 1.29 is 4.79 Å². The first-order valence-electron chi connectivity index (χ1n) is 8.17. The molecule has 0 aliphatic carbocycles. The third-order valence-electron chi connectivity index (χ3n) is 4.16. The monoisotopic (exact) mass is 322 g/mol. The number of allylic oxidation sites excluding steroid dienone is 5. The van der Waals surface area contributed by atoms with Crippen molar-refractivity contribution in [3.05, 3.63) is 54.8 Å². The molecule has 5 heteroatoms. The molecule has 0 amide bonds. The Morgan fingerprint density at radius 2 is 2.12 bits per heavy atom. The summed E-state index contributed by atoms with van der Waals surface area (Å²) >= 11 is 0. The fourth-order valence-corrected chi connectivity index (χ4v) is 3.06. The van der Waals surface area contributed by atoms with Crippen molar-refractivity contribution in [2.45, 2.75) is 6.92 Å². The van der Waals surface area contributed by atoms with E-state index in [-0.39, 0.29) is 0 Å². The van der Waals surface area contributed by atoms with E-state index < -0.39 is 0 Å². The number of carbonyl (C=O) groups excluding carboxylic acids is 1. The van der Waals surface area contributed by atoms with E-state index in [9.17, 15) is 4.79 Å². The van der Waals surface area contributed by atoms with Gasteiger partial charge in [0.25, 0.3) is 0 Å². The zero-order valence-electron chi connectivity index (χ0n) is 13.9. The first kappa shape index (κ1) is 16.2. The number of fused-ring (bicyclic) bond motifs is 1. The Morgan fingerprint density at radius 3 is 2.83 bits per heavy atom. The Morgan fingerprint density at radius 1 is 1.33 bits per heavy atom. The van der Waals surface area contributed by atoms with Crippen LogP contribution in [0.25, 0.3) is 16.7 Å². The first-order valence-corrected chi connectivity index (χ1v) is 8.17. The molecule has 0 radical (unpaired) electrons. The maximum atomic E-state index is 11.8. The number of aromatic nitrogens is 2. The predicted octanol–water partition coefficient (Wildman–Crippen LogP) is 2.86. The standard InChI is InChI=1S/C19H22N4O/c1-3-4-5-7-15(2)23-18-16(8-6-9-21-18)17(14-24)19(23)22-12-10-20-11-13-22/h3-9,14,20H,2,10-13H2,1H3/b4-3-,7-5-. The molecule has 0 bridgehead atoms. The van der Waals surface area contributed by atoms with Crippen molar-refractivity contribution in [2.75, 3.05) is 31.1 Å². The van der Waals surface area contributed by atoms with Gasteiger partial charge in [-0.1, -0.05) is 24.8 Å². The number of carbonyl (C=O) groups is 1. The average molecular weight is 322 g/mol. The molecule has 0 atom stereocenters. The average Bonchev–Trinajstić information content (AvgIpc) is 2.97. The highest BCUT2D eigenvalue weighted by molar-refractivity contribution is 6.04. The third kappa shape index (κ3) is 2.90. The highest BCUT2D eigenvalue weighted by Gasteiger charge is 2.24. The SMILES string of the molecule is C=C(/C=C\C=C/C)n1c(N2CCNCC2)c(C=O)c2cccnc21. The summed E-state index contributed by atoms with van der Waals surface area (Å²) in [5, 5.41) is 4.21. The minimum Gasteiger partial charge on any atom is -0.355 e. The molecule has 0 aromatic carbocycles. The van der Waals surface area contributed by atoms with E-state index in [1.165, 1.54) is 0 Å². The van der Waals surface area contributed by atoms with Crippen molar-refractivity contribution in [1.29, 1.82) is 0 Å². The Bertz CT molecular complexity index is 810. The number of pyridine rings is 1. The van der Waals surface area contributed by atoms with Gasteiger partial charge in [-0.15, -0.1) is 0 Å². The van der Waals surface area contributed by atoms with Crippen LogP contribution in [0.5, 0.6) is 0 Å². The molecule has 5 nitrogen and oxygen atoms in total. The third-order valence-corrected chi connectivity index (χ3v) is 4.16. The van der Waals surface area contributed by atoms with Crippen LogP contribution < -0.4 is 10.2 Å². The van der Waals surface area contributed by atoms with Crippen LogP contribution in [0.1, 0.15) is 17.3 Å². The van der Waals surface area contributed by atoms with Gasteiger partial charge >= 0.3 is 0 Å². The molecule has 1 aliphatic heterocycles. The summed E-state index contributed by atoms with van der Waals surface area (Å²) in [4.78, 5) is 18.6. The molecule has 0 unspecified atom stereocenters. The van der Waals surface area contributed by atoms with E-state index in [0.29, 0.717) is 5.56 Å². The molecular formula is C19H22N4O. The second-order valence-corrected chi connectivity index (χ2v) is 5.68. The summed E-state index contributed by atoms with van der Waals surface area (Å²) in [5.74, 6) is 0.885. The van der Waals surface area contributed by atoms with Crippen LogP contribution in [0.15, 0.2) is 49.2 Å². The number of hydrogen-bond donors (Lipinski definition) is 1. The van der Waals surface area contributed by atoms with Gasteiger partial charge < -0.3 is 10.2 Å². The summed E-state index contributed by atoms with van der Waals surface area (Å²) in [6.45, 7) is 9.66. The summed E-state index contributed by atoms with van der Waals surface area (Å²) in [5.41, 5.74) is 2.24. The zero-order valence-corrected chi connectivity index (χ0v) is 13.9. The normalized spacial score (nSPS) is 15.6. The smallest absolute Gasteiger partial charge is 0.154 e. The lowest BCUT2D eigenvalue weighted by molar-refractivity contribution is 0.112. The molecular weight excluding hydrogens is 300 g/mol. The van der Waals surface area contributed by atoms with E-state index in [0.717, 1.165) is 55.0 Å². The lowest BCUT2D eigenvalue weighted by Crippen LogP contribution is -2.44. The molecule has 24 heavy (non-hydrogen) atoms. The fourth-order valence-electron chi connectivity index (χ4n) is 3.06. The highest BCUT2D eigenvalue weighted by Crippen LogP contribution is 2.33. The number of rotatable bonds is 5. The molecule has 1 fully saturated rings. The lowest BCUT2D eigenvalue weighted by atomic mass is 10.2. The molecule has 2 aromatic rings. The van der Waals surface area contributed by atoms with Crippen LogP contribution in [0, 0.1) is 0 Å². The fraction of sp³-hybridized carbons (Fsp3) is 0.263. The Kier molecular flexibility index (Phi) is 4.91. The zero-order chi connectivity index (χ0) is 16.9. The van der Waals surface area contributed by atoms with E-state index in [1.54, 1.807) is 6.20 Å². The van der Waals surface area contributed by atoms with Gasteiger partial charge in [-0.25, -0.2) is 4.98 Å². The molecule has 0 spiro atoms. The van der Waals surface area contributed by atoms with E-state index in [4.69, 9.17) is 0 Å². The topological polar surface area (TPSA) is 50.2 Å². The number of hydrogen-bond acceptors (Lipinski definition) is 4. The molecule has 1 saturated heterocycles. The molecule has 124 valence electrons. The minimum atomic E-state index is 0.681. The van der Waals surface area contributed by atoms with Gasteiger partial charge in [0, 0.05) is 43.5 Å². The van der Waals surface area contributed by atoms with Crippen molar-refractivity contribution in [2.24, 2.45) is 0 Å². The Labute approximate surface area is 142 Å². The van der Waals surface area contributed by atoms with Crippen LogP contribution in [0.3, 0.4) is 0 Å². The van der Waals surface area contributed by atoms with Crippen LogP contribution >= 0.6 is 0 Å². The maximum absolute atomic E-state index is 11.8. The molecule has 2 aromatic heterocycles. The van der Waals surface area contributed by atoms with Crippen LogP contribution in [-0.2, 0) is 0 Å². The quantitative estimate of drug-likeness (QED) is 0.679. The lowest BCUT2D eigenvalue weighted by Gasteiger charge is -2.30. The van der Waals surface area contributed by atoms with E-state index in [2.05, 4.69) is 21.8 Å². The van der Waals surface area contributed by atoms with E-state index in [1.807, 2.05) is 47.9 Å². The predicted molar refractivity (Wildman–Crippen MR) is 99.5 cm³/mol. The van der Waals surface area contributed by atoms with Crippen LogP contribution in [-0.4, -0.2) is 42.0 Å². The second-order valence-electron chi connectivity index (χ2n) is 5.68. The summed E-state index contributed by atoms with van der Waals surface area (Å²) in [6.07, 6.45) is 10.5. The summed E-state index contributed by atoms with van der Waals surface area (Å²) < 4.78 is 1.99. The van der Waals surface area contributed by atoms with Gasteiger partial charge in [0.2, 0.25) is 0 Å². The maximum Gasteiger partial charge on any atom is 0.154 e. The van der Waals surface area contributed by atoms with Crippen LogP contribution in [0.2, 0.25) is 0 Å². The van der Waals surface area contributed by atoms with Crippen molar-refractivity contribution >= 4 is 28.8 Å². The molecule has 1 aliphatic rings. The van der Waals surface area contributed by atoms with Gasteiger partial charge in [-0.3, -0.25) is 9.36 Å². The summed E-state index contributed by atoms with van der Waals surface area (Å²) in [7, 11) is 0. The first-order chi connectivity index (χ1) is 11.8. The van der Waals surface area contributed by atoms with Crippen molar-refractivity contribution in [3.63, 3.8) is 0 Å². The van der Waals surface area contributed by atoms with Gasteiger partial charge in [-0.05, 0) is 25.1 Å². The molecule has 0 saturated carbocycles. The van der Waals surface area contributed by atoms with Crippen LogP contribution in [0.4, 0.5) is 5.82 Å². The molecule has 3 heterocycles. The minimum absolute atomic E-state index is 0.681. The number of piperazine rings is 1. The summed E-state index contributed by atoms with van der Waals surface area (Å²) in [6, 6.07) is 3.80. The Balaban J connectivity index is 2.20. The second kappa shape index (κ2) is 7.27. The van der Waals surface area contributed by atoms with Gasteiger partial charge in [0.05, 0.1) is 5.56 Å². The number of aldehydes is 1. The van der Waals surface area contributed by atoms with Gasteiger partial charge in [0.15, 0.2) is 6.29 Å². The Hall–Kier alpha value is -2.66. The van der Waals surface area contributed by atoms with Gasteiger partial charge in [0.1, 0.15) is 11.5 Å². The van der Waals surface area contributed by atoms with Crippen molar-refractivity contribution in [1.82, 2.24) is 14.9 Å². The van der Waals surface area contributed by atoms with E-state index >= 15 is 0 Å². The number of anilines is 1. The number of nitrogens with zero attached hydrogens (tertiary/aromatic N) is 3. The molecule has 3 rings (SSSR count). The number of nitrogens with one attached hydrogen (secondary N) is 1. The molecule has 1 N–H and O–H groups in total. The highest BCUT2D eigenvalue weighted by atomic mass is 16.1. The van der Waals surface area contributed by atoms with Gasteiger partial charge in [-0.2, -0.15) is 0 Å². The largest absolute Gasteiger partial charge is 0.355 e. The van der Waals surface area contributed by atoms with Crippen molar-refractivity contribution in [3.8, 4) is 0 Å².